The van der Waals surface area contributed by atoms with Crippen LogP contribution in [0, 0.1) is 0 Å². The van der Waals surface area contributed by atoms with E-state index in [0.29, 0.717) is 0 Å². The summed E-state index contributed by atoms with van der Waals surface area (Å²) < 4.78 is 21.9. The molecule has 2 atom stereocenters. The smallest absolute Gasteiger partial charge is 0.315 e. The van der Waals surface area contributed by atoms with Gasteiger partial charge in [-0.3, -0.25) is 4.79 Å². The Morgan fingerprint density at radius 1 is 1.18 bits per heavy atom. The molecule has 0 aromatic heterocycles. The van der Waals surface area contributed by atoms with Gasteiger partial charge in [0.15, 0.2) is 0 Å². The van der Waals surface area contributed by atoms with Crippen LogP contribution < -0.4 is 10.6 Å². The van der Waals surface area contributed by atoms with Crippen LogP contribution in [0.2, 0.25) is 0 Å². The maximum Gasteiger partial charge on any atom is 0.315 e. The number of amides is 2. The molecule has 0 aliphatic rings. The number of hydrogen-bond donors (Lipinski definition) is 3. The Bertz CT molecular complexity index is 379. The fraction of sp³-hybridized carbons (Fsp3) is 0.778. The molecule has 0 spiro atoms. The lowest BCUT2D eigenvalue weighted by Gasteiger charge is -2.16. The number of urea groups is 1. The molecular weight excluding hydrogens is 248 g/mol. The van der Waals surface area contributed by atoms with Gasteiger partial charge < -0.3 is 15.7 Å². The molecule has 0 radical (unpaired) electrons. The number of rotatable bonds is 6. The van der Waals surface area contributed by atoms with E-state index < -0.39 is 33.9 Å². The Hall–Kier alpha value is -1.31. The summed E-state index contributed by atoms with van der Waals surface area (Å²) in [5.74, 6) is -1.17. The van der Waals surface area contributed by atoms with E-state index in [1.165, 1.54) is 0 Å². The highest BCUT2D eigenvalue weighted by Gasteiger charge is 2.15. The molecule has 0 heterocycles. The minimum Gasteiger partial charge on any atom is -0.481 e. The first-order chi connectivity index (χ1) is 7.60. The van der Waals surface area contributed by atoms with Gasteiger partial charge in [0, 0.05) is 18.3 Å². The van der Waals surface area contributed by atoms with Crippen molar-refractivity contribution >= 4 is 21.8 Å². The average molecular weight is 266 g/mol. The quantitative estimate of drug-likeness (QED) is 0.604. The van der Waals surface area contributed by atoms with Gasteiger partial charge in [0.2, 0.25) is 0 Å². The normalized spacial score (nSPS) is 14.8. The van der Waals surface area contributed by atoms with Crippen molar-refractivity contribution in [1.29, 1.82) is 0 Å². The third kappa shape index (κ3) is 9.61. The highest BCUT2D eigenvalue weighted by Crippen LogP contribution is 1.92. The van der Waals surface area contributed by atoms with E-state index in [9.17, 15) is 18.0 Å². The van der Waals surface area contributed by atoms with Gasteiger partial charge in [-0.2, -0.15) is 0 Å². The van der Waals surface area contributed by atoms with Crippen LogP contribution in [0.25, 0.3) is 0 Å². The predicted molar refractivity (Wildman–Crippen MR) is 62.6 cm³/mol. The van der Waals surface area contributed by atoms with Gasteiger partial charge in [0.1, 0.15) is 9.84 Å². The van der Waals surface area contributed by atoms with Crippen LogP contribution in [-0.2, 0) is 14.6 Å². The highest BCUT2D eigenvalue weighted by molar-refractivity contribution is 7.90. The predicted octanol–water partition coefficient (Wildman–Crippen LogP) is -0.418. The Morgan fingerprint density at radius 3 is 2.06 bits per heavy atom. The summed E-state index contributed by atoms with van der Waals surface area (Å²) in [4.78, 5) is 21.7. The zero-order valence-electron chi connectivity index (χ0n) is 10.1. The molecule has 2 unspecified atom stereocenters. The van der Waals surface area contributed by atoms with Crippen molar-refractivity contribution in [2.45, 2.75) is 32.4 Å². The first-order valence-electron chi connectivity index (χ1n) is 5.06. The van der Waals surface area contributed by atoms with Crippen molar-refractivity contribution < 1.29 is 23.1 Å². The number of carbonyl (C=O) groups excluding carboxylic acids is 1. The number of carbonyl (C=O) groups is 2. The molecule has 0 aromatic carbocycles. The topological polar surface area (TPSA) is 113 Å². The Balaban J connectivity index is 4.05. The summed E-state index contributed by atoms with van der Waals surface area (Å²) in [6.07, 6.45) is 0.893. The summed E-state index contributed by atoms with van der Waals surface area (Å²) in [5.41, 5.74) is 0. The molecule has 3 N–H and O–H groups in total. The maximum absolute atomic E-state index is 11.3. The van der Waals surface area contributed by atoms with Crippen molar-refractivity contribution in [1.82, 2.24) is 10.6 Å². The summed E-state index contributed by atoms with van der Waals surface area (Å²) in [5, 5.41) is 13.3. The van der Waals surface area contributed by atoms with Gasteiger partial charge in [-0.1, -0.05) is 0 Å². The van der Waals surface area contributed by atoms with E-state index in [1.807, 2.05) is 0 Å². The van der Waals surface area contributed by atoms with Crippen LogP contribution in [-0.4, -0.2) is 49.6 Å². The minimum atomic E-state index is -3.15. The molecule has 0 aliphatic carbocycles. The third-order valence-corrected chi connectivity index (χ3v) is 2.89. The molecule has 0 rings (SSSR count). The zero-order valence-corrected chi connectivity index (χ0v) is 10.9. The van der Waals surface area contributed by atoms with E-state index in [2.05, 4.69) is 10.6 Å². The second-order valence-corrected chi connectivity index (χ2v) is 6.30. The fourth-order valence-corrected chi connectivity index (χ4v) is 2.29. The molecule has 0 aromatic rings. The molecule has 0 aliphatic heterocycles. The minimum absolute atomic E-state index is 0.159. The zero-order chi connectivity index (χ0) is 13.6. The van der Waals surface area contributed by atoms with E-state index in [-0.39, 0.29) is 12.2 Å². The summed E-state index contributed by atoms with van der Waals surface area (Å²) in [7, 11) is -3.15. The van der Waals surface area contributed by atoms with Gasteiger partial charge in [0.05, 0.1) is 12.2 Å². The molecule has 7 nitrogen and oxygen atoms in total. The van der Waals surface area contributed by atoms with Crippen LogP contribution in [0.3, 0.4) is 0 Å². The van der Waals surface area contributed by atoms with Gasteiger partial charge in [0.25, 0.3) is 0 Å². The number of hydrogen-bond acceptors (Lipinski definition) is 4. The van der Waals surface area contributed by atoms with Crippen molar-refractivity contribution in [2.75, 3.05) is 12.0 Å². The van der Waals surface area contributed by atoms with Crippen LogP contribution in [0.15, 0.2) is 0 Å². The number of nitrogens with one attached hydrogen (secondary N) is 2. The lowest BCUT2D eigenvalue weighted by Crippen LogP contribution is -2.46. The number of sulfone groups is 1. The molecule has 2 amide bonds. The molecule has 17 heavy (non-hydrogen) atoms. The molecule has 0 saturated carbocycles. The molecule has 100 valence electrons. The number of carboxylic acids is 1. The van der Waals surface area contributed by atoms with E-state index >= 15 is 0 Å². The number of carboxylic acid groups (broad SMARTS) is 1. The second kappa shape index (κ2) is 6.43. The van der Waals surface area contributed by atoms with Crippen LogP contribution >= 0.6 is 0 Å². The van der Waals surface area contributed by atoms with Crippen molar-refractivity contribution in [3.8, 4) is 0 Å². The maximum atomic E-state index is 11.3. The molecular formula is C9H18N2O5S. The monoisotopic (exact) mass is 266 g/mol. The Labute approximate surface area is 101 Å². The average Bonchev–Trinajstić information content (AvgIpc) is 1.95. The standard InChI is InChI=1S/C9H18N2O5S/c1-6(4-8(12)13)10-9(14)11-7(2)5-17(3,15)16/h6-7H,4-5H2,1-3H3,(H,12,13)(H2,10,11,14). The molecule has 0 fully saturated rings. The van der Waals surface area contributed by atoms with E-state index in [1.54, 1.807) is 13.8 Å². The van der Waals surface area contributed by atoms with Gasteiger partial charge in [-0.25, -0.2) is 13.2 Å². The Morgan fingerprint density at radius 2 is 1.65 bits per heavy atom. The second-order valence-electron chi connectivity index (χ2n) is 4.11. The first kappa shape index (κ1) is 15.7. The molecule has 8 heteroatoms. The van der Waals surface area contributed by atoms with E-state index in [4.69, 9.17) is 5.11 Å². The van der Waals surface area contributed by atoms with Crippen LogP contribution in [0.1, 0.15) is 20.3 Å². The van der Waals surface area contributed by atoms with Crippen LogP contribution in [0.5, 0.6) is 0 Å². The number of aliphatic carboxylic acids is 1. The van der Waals surface area contributed by atoms with Crippen molar-refractivity contribution in [2.24, 2.45) is 0 Å². The summed E-state index contributed by atoms with van der Waals surface area (Å²) >= 11 is 0. The highest BCUT2D eigenvalue weighted by atomic mass is 32.2. The largest absolute Gasteiger partial charge is 0.481 e. The van der Waals surface area contributed by atoms with Crippen molar-refractivity contribution in [3.05, 3.63) is 0 Å². The molecule has 0 saturated heterocycles. The van der Waals surface area contributed by atoms with Gasteiger partial charge >= 0.3 is 12.0 Å². The summed E-state index contributed by atoms with van der Waals surface area (Å²) in [6, 6.07) is -1.62. The molecule has 0 bridgehead atoms. The van der Waals surface area contributed by atoms with Gasteiger partial charge in [-0.05, 0) is 13.8 Å². The Kier molecular flexibility index (Phi) is 5.94. The fourth-order valence-electron chi connectivity index (χ4n) is 1.30. The van der Waals surface area contributed by atoms with Gasteiger partial charge in [-0.15, -0.1) is 0 Å². The third-order valence-electron chi connectivity index (χ3n) is 1.79. The van der Waals surface area contributed by atoms with Crippen LogP contribution in [0.4, 0.5) is 4.79 Å². The lowest BCUT2D eigenvalue weighted by atomic mass is 10.2. The first-order valence-corrected chi connectivity index (χ1v) is 7.12. The summed E-state index contributed by atoms with van der Waals surface area (Å²) in [6.45, 7) is 3.11. The lowest BCUT2D eigenvalue weighted by molar-refractivity contribution is -0.137. The van der Waals surface area contributed by atoms with E-state index in [0.717, 1.165) is 6.26 Å². The SMILES string of the molecule is CC(CC(=O)O)NC(=O)NC(C)CS(C)(=O)=O. The van der Waals surface area contributed by atoms with Crippen molar-refractivity contribution in [3.63, 3.8) is 0 Å².